The Morgan fingerprint density at radius 2 is 1.64 bits per heavy atom. The molecule has 22 heavy (non-hydrogen) atoms. The Kier molecular flexibility index (Phi) is 4.02. The summed E-state index contributed by atoms with van der Waals surface area (Å²) >= 11 is 9.15. The second kappa shape index (κ2) is 5.69. The molecule has 3 nitrogen and oxygen atoms in total. The van der Waals surface area contributed by atoms with E-state index in [9.17, 15) is 13.7 Å². The minimum atomic E-state index is -3.54. The summed E-state index contributed by atoms with van der Waals surface area (Å²) in [6.45, 7) is 0. The third-order valence-electron chi connectivity index (χ3n) is 3.86. The Balaban J connectivity index is 1.95. The molecule has 2 aromatic rings. The molecule has 112 valence electrons. The molecule has 0 unspecified atom stereocenters. The third-order valence-corrected chi connectivity index (χ3v) is 6.87. The zero-order valence-electron chi connectivity index (χ0n) is 11.3. The number of nitrogens with zero attached hydrogens (tertiary/aromatic N) is 1. The maximum absolute atomic E-state index is 12.7. The second-order valence-electron chi connectivity index (χ2n) is 5.20. The molecule has 1 saturated carbocycles. The first-order valence-corrected chi connectivity index (χ1v) is 9.31. The molecule has 0 aromatic heterocycles. The SMILES string of the molecule is N#C[C@@H]1[C@@H](c2ccc(Br)cc2)[C@@H]1S(=O)(=O)c1ccc(Cl)cc1. The van der Waals surface area contributed by atoms with Crippen molar-refractivity contribution in [3.8, 4) is 6.07 Å². The quantitative estimate of drug-likeness (QED) is 0.782. The Morgan fingerprint density at radius 1 is 1.05 bits per heavy atom. The van der Waals surface area contributed by atoms with E-state index in [0.29, 0.717) is 5.02 Å². The second-order valence-corrected chi connectivity index (χ2v) is 8.65. The van der Waals surface area contributed by atoms with Gasteiger partial charge in [-0.15, -0.1) is 0 Å². The van der Waals surface area contributed by atoms with Crippen molar-refractivity contribution >= 4 is 37.4 Å². The van der Waals surface area contributed by atoms with E-state index < -0.39 is 21.0 Å². The van der Waals surface area contributed by atoms with Gasteiger partial charge in [-0.25, -0.2) is 8.42 Å². The first-order valence-electron chi connectivity index (χ1n) is 6.59. The highest BCUT2D eigenvalue weighted by atomic mass is 79.9. The predicted molar refractivity (Wildman–Crippen MR) is 88.4 cm³/mol. The van der Waals surface area contributed by atoms with Gasteiger partial charge in [0.1, 0.15) is 0 Å². The molecule has 2 aromatic carbocycles. The average Bonchev–Trinajstić information content (AvgIpc) is 3.24. The maximum atomic E-state index is 12.7. The number of rotatable bonds is 3. The van der Waals surface area contributed by atoms with Crippen LogP contribution in [-0.2, 0) is 9.84 Å². The molecule has 0 saturated heterocycles. The fourth-order valence-corrected chi connectivity index (χ4v) is 5.14. The summed E-state index contributed by atoms with van der Waals surface area (Å²) < 4.78 is 26.4. The lowest BCUT2D eigenvalue weighted by atomic mass is 10.1. The van der Waals surface area contributed by atoms with Crippen molar-refractivity contribution < 1.29 is 8.42 Å². The van der Waals surface area contributed by atoms with Crippen molar-refractivity contribution in [1.82, 2.24) is 0 Å². The smallest absolute Gasteiger partial charge is 0.183 e. The molecule has 6 heteroatoms. The van der Waals surface area contributed by atoms with Crippen LogP contribution in [0.25, 0.3) is 0 Å². The molecule has 0 aliphatic heterocycles. The standard InChI is InChI=1S/C16H11BrClNO2S/c17-11-3-1-10(2-4-11)15-14(9-19)16(15)22(20,21)13-7-5-12(18)6-8-13/h1-8,14-16H/t14-,15-,16-/m1/s1. The monoisotopic (exact) mass is 395 g/mol. The molecule has 0 spiro atoms. The van der Waals surface area contributed by atoms with Crippen LogP contribution in [0.5, 0.6) is 0 Å². The number of hydrogen-bond donors (Lipinski definition) is 0. The van der Waals surface area contributed by atoms with Gasteiger partial charge in [-0.3, -0.25) is 0 Å². The molecule has 1 aliphatic rings. The first kappa shape index (κ1) is 15.5. The van der Waals surface area contributed by atoms with Gasteiger partial charge in [0.05, 0.1) is 22.1 Å². The van der Waals surface area contributed by atoms with Gasteiger partial charge in [0.25, 0.3) is 0 Å². The average molecular weight is 397 g/mol. The van der Waals surface area contributed by atoms with Crippen molar-refractivity contribution in [2.75, 3.05) is 0 Å². The summed E-state index contributed by atoms with van der Waals surface area (Å²) in [7, 11) is -3.54. The molecule has 0 radical (unpaired) electrons. The molecule has 3 rings (SSSR count). The summed E-state index contributed by atoms with van der Waals surface area (Å²) in [6.07, 6.45) is 0. The molecule has 0 amide bonds. The lowest BCUT2D eigenvalue weighted by Crippen LogP contribution is -2.10. The van der Waals surface area contributed by atoms with Crippen molar-refractivity contribution in [2.45, 2.75) is 16.1 Å². The van der Waals surface area contributed by atoms with Gasteiger partial charge in [-0.1, -0.05) is 39.7 Å². The molecule has 3 atom stereocenters. The molecule has 0 bridgehead atoms. The van der Waals surface area contributed by atoms with Crippen molar-refractivity contribution in [3.63, 3.8) is 0 Å². The van der Waals surface area contributed by atoms with Gasteiger partial charge in [-0.2, -0.15) is 5.26 Å². The van der Waals surface area contributed by atoms with Crippen LogP contribution in [0.1, 0.15) is 11.5 Å². The van der Waals surface area contributed by atoms with Gasteiger partial charge in [0.2, 0.25) is 0 Å². The van der Waals surface area contributed by atoms with Crippen LogP contribution in [0.2, 0.25) is 5.02 Å². The number of hydrogen-bond acceptors (Lipinski definition) is 3. The van der Waals surface area contributed by atoms with Crippen LogP contribution in [0, 0.1) is 17.2 Å². The van der Waals surface area contributed by atoms with Gasteiger partial charge < -0.3 is 0 Å². The van der Waals surface area contributed by atoms with Crippen LogP contribution in [-0.4, -0.2) is 13.7 Å². The predicted octanol–water partition coefficient (Wildman–Crippen LogP) is 4.18. The summed E-state index contributed by atoms with van der Waals surface area (Å²) in [6, 6.07) is 15.6. The fourth-order valence-electron chi connectivity index (χ4n) is 2.69. The van der Waals surface area contributed by atoms with E-state index in [0.717, 1.165) is 10.0 Å². The van der Waals surface area contributed by atoms with E-state index in [1.54, 1.807) is 12.1 Å². The minimum absolute atomic E-state index is 0.210. The first-order chi connectivity index (χ1) is 10.4. The topological polar surface area (TPSA) is 57.9 Å². The van der Waals surface area contributed by atoms with Crippen molar-refractivity contribution in [1.29, 1.82) is 5.26 Å². The molecule has 0 N–H and O–H groups in total. The molecule has 1 fully saturated rings. The summed E-state index contributed by atoms with van der Waals surface area (Å²) in [5.74, 6) is -0.791. The van der Waals surface area contributed by atoms with E-state index in [4.69, 9.17) is 11.6 Å². The number of halogens is 2. The fraction of sp³-hybridized carbons (Fsp3) is 0.188. The Bertz CT molecular complexity index is 841. The van der Waals surface area contributed by atoms with Crippen molar-refractivity contribution in [2.24, 2.45) is 5.92 Å². The van der Waals surface area contributed by atoms with Crippen LogP contribution < -0.4 is 0 Å². The Labute approximate surface area is 142 Å². The number of nitriles is 1. The summed E-state index contributed by atoms with van der Waals surface area (Å²) in [4.78, 5) is 0.210. The van der Waals surface area contributed by atoms with E-state index in [1.807, 2.05) is 24.3 Å². The molecule has 1 aliphatic carbocycles. The van der Waals surface area contributed by atoms with Gasteiger partial charge in [0.15, 0.2) is 9.84 Å². The summed E-state index contributed by atoms with van der Waals surface area (Å²) in [5, 5.41) is 9.06. The van der Waals surface area contributed by atoms with E-state index >= 15 is 0 Å². The normalized spacial score (nSPS) is 23.8. The Morgan fingerprint density at radius 3 is 2.18 bits per heavy atom. The van der Waals surface area contributed by atoms with E-state index in [2.05, 4.69) is 22.0 Å². The van der Waals surface area contributed by atoms with Gasteiger partial charge in [0, 0.05) is 15.4 Å². The van der Waals surface area contributed by atoms with E-state index in [1.165, 1.54) is 12.1 Å². The van der Waals surface area contributed by atoms with Crippen LogP contribution in [0.4, 0.5) is 0 Å². The number of sulfone groups is 1. The Hall–Kier alpha value is -1.35. The summed E-state index contributed by atoms with van der Waals surface area (Å²) in [5.41, 5.74) is 0.872. The van der Waals surface area contributed by atoms with Gasteiger partial charge >= 0.3 is 0 Å². The minimum Gasteiger partial charge on any atom is -0.223 e. The highest BCUT2D eigenvalue weighted by molar-refractivity contribution is 9.10. The zero-order valence-corrected chi connectivity index (χ0v) is 14.4. The van der Waals surface area contributed by atoms with Crippen molar-refractivity contribution in [3.05, 3.63) is 63.6 Å². The molecule has 0 heterocycles. The third kappa shape index (κ3) is 2.67. The van der Waals surface area contributed by atoms with Crippen LogP contribution >= 0.6 is 27.5 Å². The lowest BCUT2D eigenvalue weighted by molar-refractivity contribution is 0.593. The number of benzene rings is 2. The highest BCUT2D eigenvalue weighted by Gasteiger charge is 2.59. The highest BCUT2D eigenvalue weighted by Crippen LogP contribution is 2.53. The van der Waals surface area contributed by atoms with Crippen LogP contribution in [0.3, 0.4) is 0 Å². The zero-order chi connectivity index (χ0) is 15.9. The molecular weight excluding hydrogens is 386 g/mol. The molecular formula is C16H11BrClNO2S. The van der Waals surface area contributed by atoms with Gasteiger partial charge in [-0.05, 0) is 42.0 Å². The van der Waals surface area contributed by atoms with Crippen LogP contribution in [0.15, 0.2) is 57.9 Å². The largest absolute Gasteiger partial charge is 0.223 e. The van der Waals surface area contributed by atoms with E-state index in [-0.39, 0.29) is 10.8 Å². The maximum Gasteiger partial charge on any atom is 0.183 e. The lowest BCUT2D eigenvalue weighted by Gasteiger charge is -2.04.